The molecule has 0 spiro atoms. The molecule has 3 heterocycles. The van der Waals surface area contributed by atoms with Crippen molar-refractivity contribution in [3.63, 3.8) is 0 Å². The van der Waals surface area contributed by atoms with Crippen LogP contribution in [0.1, 0.15) is 24.2 Å². The first kappa shape index (κ1) is 20.6. The van der Waals surface area contributed by atoms with Crippen LogP contribution in [0.3, 0.4) is 0 Å². The lowest BCUT2D eigenvalue weighted by atomic mass is 10.0. The van der Waals surface area contributed by atoms with Gasteiger partial charge in [0.05, 0.1) is 36.9 Å². The van der Waals surface area contributed by atoms with E-state index in [1.165, 1.54) is 12.6 Å². The summed E-state index contributed by atoms with van der Waals surface area (Å²) in [5, 5.41) is 22.9. The molecule has 9 heteroatoms. The van der Waals surface area contributed by atoms with Gasteiger partial charge in [0.15, 0.2) is 17.3 Å². The van der Waals surface area contributed by atoms with Gasteiger partial charge in [0.25, 0.3) is 0 Å². The van der Waals surface area contributed by atoms with Gasteiger partial charge in [0, 0.05) is 18.5 Å². The van der Waals surface area contributed by atoms with Crippen molar-refractivity contribution in [1.82, 2.24) is 25.5 Å². The Balaban J connectivity index is 1.56. The number of benzene rings is 1. The highest BCUT2D eigenvalue weighted by atomic mass is 16.5. The molecular formula is C22H25N7O2. The van der Waals surface area contributed by atoms with Crippen molar-refractivity contribution in [3.05, 3.63) is 41.9 Å². The molecule has 0 bridgehead atoms. The monoisotopic (exact) mass is 419 g/mol. The largest absolute Gasteiger partial charge is 0.496 e. The van der Waals surface area contributed by atoms with E-state index in [-0.39, 0.29) is 5.69 Å². The molecule has 3 N–H and O–H groups in total. The molecule has 1 aliphatic heterocycles. The van der Waals surface area contributed by atoms with Gasteiger partial charge in [-0.2, -0.15) is 10.4 Å². The third-order valence-corrected chi connectivity index (χ3v) is 5.24. The molecule has 1 atom stereocenters. The lowest BCUT2D eigenvalue weighted by molar-refractivity contribution is 0.218. The van der Waals surface area contributed by atoms with Gasteiger partial charge in [-0.15, -0.1) is 0 Å². The molecule has 3 aromatic rings. The lowest BCUT2D eigenvalue weighted by Crippen LogP contribution is -2.33. The van der Waals surface area contributed by atoms with Crippen molar-refractivity contribution in [2.45, 2.75) is 19.8 Å². The molecule has 9 nitrogen and oxygen atoms in total. The topological polar surface area (TPSA) is 121 Å². The minimum absolute atomic E-state index is 0.273. The first-order valence-corrected chi connectivity index (χ1v) is 10.2. The van der Waals surface area contributed by atoms with Gasteiger partial charge in [-0.05, 0) is 38.4 Å². The Kier molecular flexibility index (Phi) is 6.29. The average molecular weight is 419 g/mol. The fourth-order valence-corrected chi connectivity index (χ4v) is 3.63. The second kappa shape index (κ2) is 9.45. The predicted octanol–water partition coefficient (Wildman–Crippen LogP) is 3.18. The van der Waals surface area contributed by atoms with Gasteiger partial charge < -0.3 is 20.1 Å². The number of nitrogens with zero attached hydrogens (tertiary/aromatic N) is 4. The smallest absolute Gasteiger partial charge is 0.159 e. The molecule has 0 amide bonds. The quantitative estimate of drug-likeness (QED) is 0.534. The van der Waals surface area contributed by atoms with Crippen LogP contribution in [0.2, 0.25) is 0 Å². The summed E-state index contributed by atoms with van der Waals surface area (Å²) in [7, 11) is 1.64. The summed E-state index contributed by atoms with van der Waals surface area (Å²) in [6.07, 6.45) is 3.76. The summed E-state index contributed by atoms with van der Waals surface area (Å²) in [4.78, 5) is 8.45. The van der Waals surface area contributed by atoms with E-state index >= 15 is 0 Å². The van der Waals surface area contributed by atoms with E-state index in [0.717, 1.165) is 36.5 Å². The number of aromatic nitrogens is 4. The SMILES string of the molecule is COc1cccc(OCC2CCCNC2)c1-c1cc(Nc2ncc(C#N)nc2C)n[nH]1. The number of piperidine rings is 1. The van der Waals surface area contributed by atoms with E-state index in [0.29, 0.717) is 35.6 Å². The Morgan fingerprint density at radius 3 is 2.94 bits per heavy atom. The molecule has 0 saturated carbocycles. The fourth-order valence-electron chi connectivity index (χ4n) is 3.63. The van der Waals surface area contributed by atoms with Crippen LogP contribution in [0.25, 0.3) is 11.3 Å². The van der Waals surface area contributed by atoms with Crippen LogP contribution in [0.15, 0.2) is 30.5 Å². The van der Waals surface area contributed by atoms with Gasteiger partial charge in [-0.1, -0.05) is 6.07 Å². The van der Waals surface area contributed by atoms with E-state index < -0.39 is 0 Å². The first-order valence-electron chi connectivity index (χ1n) is 10.2. The molecule has 1 aliphatic rings. The summed E-state index contributed by atoms with van der Waals surface area (Å²) in [5.74, 6) is 3.05. The molecule has 1 saturated heterocycles. The number of aromatic amines is 1. The molecule has 1 aromatic carbocycles. The summed E-state index contributed by atoms with van der Waals surface area (Å²) in [6, 6.07) is 9.61. The molecule has 4 rings (SSSR count). The minimum Gasteiger partial charge on any atom is -0.496 e. The number of methoxy groups -OCH3 is 1. The number of hydrogen-bond acceptors (Lipinski definition) is 8. The first-order chi connectivity index (χ1) is 15.2. The number of ether oxygens (including phenoxy) is 2. The number of rotatable bonds is 7. The highest BCUT2D eigenvalue weighted by Gasteiger charge is 2.19. The summed E-state index contributed by atoms with van der Waals surface area (Å²) in [5.41, 5.74) is 2.47. The Bertz CT molecular complexity index is 1080. The Hall–Kier alpha value is -3.64. The fraction of sp³-hybridized carbons (Fsp3) is 0.364. The molecule has 0 aliphatic carbocycles. The highest BCUT2D eigenvalue weighted by Crippen LogP contribution is 2.38. The summed E-state index contributed by atoms with van der Waals surface area (Å²) >= 11 is 0. The van der Waals surface area contributed by atoms with Gasteiger partial charge in [0.1, 0.15) is 17.6 Å². The number of H-pyrrole nitrogens is 1. The van der Waals surface area contributed by atoms with Gasteiger partial charge in [0.2, 0.25) is 0 Å². The number of anilines is 2. The van der Waals surface area contributed by atoms with Crippen molar-refractivity contribution < 1.29 is 9.47 Å². The zero-order valence-electron chi connectivity index (χ0n) is 17.6. The highest BCUT2D eigenvalue weighted by molar-refractivity contribution is 5.76. The second-order valence-electron chi connectivity index (χ2n) is 7.45. The van der Waals surface area contributed by atoms with Crippen molar-refractivity contribution in [1.29, 1.82) is 5.26 Å². The Labute approximate surface area is 180 Å². The zero-order chi connectivity index (χ0) is 21.6. The summed E-state index contributed by atoms with van der Waals surface area (Å²) < 4.78 is 11.8. The van der Waals surface area contributed by atoms with Crippen molar-refractivity contribution in [2.24, 2.45) is 5.92 Å². The number of nitrogens with one attached hydrogen (secondary N) is 3. The van der Waals surface area contributed by atoms with Crippen LogP contribution in [-0.2, 0) is 0 Å². The zero-order valence-corrected chi connectivity index (χ0v) is 17.6. The summed E-state index contributed by atoms with van der Waals surface area (Å²) in [6.45, 7) is 4.48. The average Bonchev–Trinajstić information content (AvgIpc) is 3.27. The third-order valence-electron chi connectivity index (χ3n) is 5.24. The van der Waals surface area contributed by atoms with Crippen LogP contribution in [0.5, 0.6) is 11.5 Å². The maximum Gasteiger partial charge on any atom is 0.159 e. The van der Waals surface area contributed by atoms with Crippen LogP contribution in [-0.4, -0.2) is 47.0 Å². The molecular weight excluding hydrogens is 394 g/mol. The maximum absolute atomic E-state index is 8.96. The molecule has 160 valence electrons. The number of aryl methyl sites for hydroxylation is 1. The van der Waals surface area contributed by atoms with Crippen molar-refractivity contribution in [3.8, 4) is 28.8 Å². The second-order valence-corrected chi connectivity index (χ2v) is 7.45. The minimum atomic E-state index is 0.273. The standard InChI is InChI=1S/C22H25N7O2/c1-14-22(25-12-16(10-23)26-14)27-20-9-17(28-29-20)21-18(30-2)6-3-7-19(21)31-13-15-5-4-8-24-11-15/h3,6-7,9,12,15,24H,4-5,8,11,13H2,1-2H3,(H2,25,27,28,29). The third kappa shape index (κ3) is 4.75. The van der Waals surface area contributed by atoms with E-state index in [2.05, 4.69) is 30.8 Å². The van der Waals surface area contributed by atoms with Crippen LogP contribution in [0, 0.1) is 24.2 Å². The van der Waals surface area contributed by atoms with Crippen LogP contribution >= 0.6 is 0 Å². The van der Waals surface area contributed by atoms with E-state index in [1.54, 1.807) is 14.0 Å². The van der Waals surface area contributed by atoms with Crippen molar-refractivity contribution >= 4 is 11.6 Å². The van der Waals surface area contributed by atoms with Gasteiger partial charge in [-0.25, -0.2) is 9.97 Å². The molecule has 2 aromatic heterocycles. The predicted molar refractivity (Wildman–Crippen MR) is 116 cm³/mol. The number of hydrogen-bond donors (Lipinski definition) is 3. The normalized spacial score (nSPS) is 15.8. The number of nitriles is 1. The lowest BCUT2D eigenvalue weighted by Gasteiger charge is -2.23. The molecule has 31 heavy (non-hydrogen) atoms. The molecule has 0 radical (unpaired) electrons. The van der Waals surface area contributed by atoms with Crippen molar-refractivity contribution in [2.75, 3.05) is 32.1 Å². The van der Waals surface area contributed by atoms with E-state index in [1.807, 2.05) is 30.3 Å². The van der Waals surface area contributed by atoms with E-state index in [9.17, 15) is 0 Å². The Morgan fingerprint density at radius 1 is 1.32 bits per heavy atom. The maximum atomic E-state index is 8.96. The van der Waals surface area contributed by atoms with Gasteiger partial charge in [-0.3, -0.25) is 5.10 Å². The molecule has 1 unspecified atom stereocenters. The Morgan fingerprint density at radius 2 is 2.19 bits per heavy atom. The van der Waals surface area contributed by atoms with Crippen LogP contribution in [0.4, 0.5) is 11.6 Å². The van der Waals surface area contributed by atoms with Crippen LogP contribution < -0.4 is 20.1 Å². The molecule has 1 fully saturated rings. The van der Waals surface area contributed by atoms with Gasteiger partial charge >= 0.3 is 0 Å². The van der Waals surface area contributed by atoms with E-state index in [4.69, 9.17) is 14.7 Å².